The minimum Gasteiger partial charge on any atom is -0.407 e. The molecule has 0 fully saturated rings. The summed E-state index contributed by atoms with van der Waals surface area (Å²) in [5.41, 5.74) is 4.19. The molecule has 1 unspecified atom stereocenters. The van der Waals surface area contributed by atoms with Gasteiger partial charge in [-0.3, -0.25) is 4.79 Å². The van der Waals surface area contributed by atoms with Gasteiger partial charge in [0.25, 0.3) is 0 Å². The van der Waals surface area contributed by atoms with E-state index in [1.165, 1.54) is 5.56 Å². The normalized spacial score (nSPS) is 12.4. The summed E-state index contributed by atoms with van der Waals surface area (Å²) < 4.78 is 7.60. The number of benzene rings is 1. The second kappa shape index (κ2) is 9.02. The first-order valence-corrected chi connectivity index (χ1v) is 9.76. The summed E-state index contributed by atoms with van der Waals surface area (Å²) in [4.78, 5) is 12.7. The summed E-state index contributed by atoms with van der Waals surface area (Å²) in [6.07, 6.45) is 3.80. The van der Waals surface area contributed by atoms with Crippen LogP contribution in [0.1, 0.15) is 76.1 Å². The van der Waals surface area contributed by atoms with Crippen molar-refractivity contribution in [3.63, 3.8) is 0 Å². The van der Waals surface area contributed by atoms with E-state index in [0.29, 0.717) is 5.88 Å². The van der Waals surface area contributed by atoms with Gasteiger partial charge < -0.3 is 4.74 Å². The Hall–Kier alpha value is -2.10. The van der Waals surface area contributed by atoms with Crippen molar-refractivity contribution in [2.24, 2.45) is 5.92 Å². The van der Waals surface area contributed by atoms with Crippen LogP contribution in [0.15, 0.2) is 24.3 Å². The lowest BCUT2D eigenvalue weighted by molar-refractivity contribution is -0.139. The molecule has 0 amide bonds. The van der Waals surface area contributed by atoms with Gasteiger partial charge in [0.1, 0.15) is 0 Å². The van der Waals surface area contributed by atoms with E-state index >= 15 is 0 Å². The largest absolute Gasteiger partial charge is 0.407 e. The summed E-state index contributed by atoms with van der Waals surface area (Å²) in [7, 11) is 0. The molecular weight excluding hydrogens is 324 g/mol. The summed E-state index contributed by atoms with van der Waals surface area (Å²) in [5.74, 6) is 0.573. The van der Waals surface area contributed by atoms with Crippen molar-refractivity contribution in [3.8, 4) is 11.6 Å². The lowest BCUT2D eigenvalue weighted by Crippen LogP contribution is -2.21. The van der Waals surface area contributed by atoms with E-state index in [4.69, 9.17) is 9.84 Å². The van der Waals surface area contributed by atoms with Crippen LogP contribution >= 0.6 is 0 Å². The first-order chi connectivity index (χ1) is 12.4. The third-order valence-electron chi connectivity index (χ3n) is 4.81. The molecule has 0 radical (unpaired) electrons. The average Bonchev–Trinajstić information content (AvgIpc) is 2.99. The Morgan fingerprint density at radius 1 is 1.19 bits per heavy atom. The first-order valence-electron chi connectivity index (χ1n) is 9.76. The van der Waals surface area contributed by atoms with Crippen LogP contribution in [0, 0.1) is 19.8 Å². The molecule has 2 aromatic rings. The summed E-state index contributed by atoms with van der Waals surface area (Å²) in [5, 5.41) is 4.71. The molecule has 1 heterocycles. The monoisotopic (exact) mass is 356 g/mol. The van der Waals surface area contributed by atoms with E-state index < -0.39 is 0 Å². The lowest BCUT2D eigenvalue weighted by atomic mass is 10.00. The molecular formula is C22H32N2O2. The maximum absolute atomic E-state index is 12.7. The van der Waals surface area contributed by atoms with Crippen LogP contribution in [-0.4, -0.2) is 15.7 Å². The van der Waals surface area contributed by atoms with Crippen LogP contribution < -0.4 is 4.74 Å². The zero-order valence-electron chi connectivity index (χ0n) is 17.0. The Morgan fingerprint density at radius 2 is 1.92 bits per heavy atom. The molecule has 26 heavy (non-hydrogen) atoms. The third kappa shape index (κ3) is 4.75. The van der Waals surface area contributed by atoms with Crippen molar-refractivity contribution in [2.45, 2.75) is 73.1 Å². The predicted molar refractivity (Wildman–Crippen MR) is 106 cm³/mol. The number of carbonyl (C=O) groups is 1. The summed E-state index contributed by atoms with van der Waals surface area (Å²) in [6, 6.07) is 8.11. The van der Waals surface area contributed by atoms with Gasteiger partial charge in [-0.25, -0.2) is 4.68 Å². The topological polar surface area (TPSA) is 44.1 Å². The molecule has 0 spiro atoms. The number of aryl methyl sites for hydroxylation is 2. The number of hydrogen-bond donors (Lipinski definition) is 0. The van der Waals surface area contributed by atoms with Crippen LogP contribution in [0.4, 0.5) is 0 Å². The molecule has 0 saturated heterocycles. The molecule has 1 aromatic heterocycles. The number of esters is 1. The molecule has 0 bridgehead atoms. The fraction of sp³-hybridized carbons (Fsp3) is 0.545. The van der Waals surface area contributed by atoms with Gasteiger partial charge in [0.2, 0.25) is 5.88 Å². The highest BCUT2D eigenvalue weighted by Crippen LogP contribution is 2.27. The highest BCUT2D eigenvalue weighted by Gasteiger charge is 2.22. The van der Waals surface area contributed by atoms with Gasteiger partial charge in [-0.05, 0) is 44.2 Å². The van der Waals surface area contributed by atoms with Crippen molar-refractivity contribution >= 4 is 5.97 Å². The Kier molecular flexibility index (Phi) is 7.01. The molecule has 1 aromatic carbocycles. The molecule has 142 valence electrons. The number of hydrogen-bond acceptors (Lipinski definition) is 3. The second-order valence-electron chi connectivity index (χ2n) is 7.43. The Balaban J connectivity index is 2.36. The lowest BCUT2D eigenvalue weighted by Gasteiger charge is -2.15. The number of nitrogens with zero attached hydrogens (tertiary/aromatic N) is 2. The number of carbonyl (C=O) groups excluding carboxylic acids is 1. The Labute approximate surface area is 157 Å². The molecule has 0 aliphatic heterocycles. The molecule has 0 aliphatic carbocycles. The van der Waals surface area contributed by atoms with Gasteiger partial charge in [0.05, 0.1) is 17.3 Å². The van der Waals surface area contributed by atoms with Crippen LogP contribution in [-0.2, 0) is 4.79 Å². The average molecular weight is 357 g/mol. The third-order valence-corrected chi connectivity index (χ3v) is 4.81. The van der Waals surface area contributed by atoms with Crippen LogP contribution in [0.5, 0.6) is 5.88 Å². The molecule has 1 atom stereocenters. The van der Waals surface area contributed by atoms with Crippen LogP contribution in [0.2, 0.25) is 0 Å². The maximum atomic E-state index is 12.7. The minimum atomic E-state index is -0.151. The summed E-state index contributed by atoms with van der Waals surface area (Å²) in [6.45, 7) is 12.5. The highest BCUT2D eigenvalue weighted by molar-refractivity contribution is 5.75. The fourth-order valence-corrected chi connectivity index (χ4v) is 3.08. The SMILES string of the molecule is CCCCC(CC)C(=O)Oc1cc(C(C)C)nn1-c1ccc(C)cc1C. The van der Waals surface area contributed by atoms with E-state index in [2.05, 4.69) is 46.8 Å². The van der Waals surface area contributed by atoms with E-state index in [0.717, 1.165) is 42.6 Å². The van der Waals surface area contributed by atoms with Crippen LogP contribution in [0.25, 0.3) is 5.69 Å². The molecule has 4 heteroatoms. The molecule has 0 saturated carbocycles. The molecule has 2 rings (SSSR count). The second-order valence-corrected chi connectivity index (χ2v) is 7.43. The van der Waals surface area contributed by atoms with Crippen LogP contribution in [0.3, 0.4) is 0 Å². The number of unbranched alkanes of at least 4 members (excludes halogenated alkanes) is 1. The zero-order valence-corrected chi connectivity index (χ0v) is 17.0. The predicted octanol–water partition coefficient (Wildman–Crippen LogP) is 5.73. The summed E-state index contributed by atoms with van der Waals surface area (Å²) >= 11 is 0. The quantitative estimate of drug-likeness (QED) is 0.567. The van der Waals surface area contributed by atoms with Gasteiger partial charge >= 0.3 is 5.97 Å². The number of ether oxygens (including phenoxy) is 1. The fourth-order valence-electron chi connectivity index (χ4n) is 3.08. The highest BCUT2D eigenvalue weighted by atomic mass is 16.5. The van der Waals surface area contributed by atoms with Gasteiger partial charge in [-0.1, -0.05) is 58.2 Å². The van der Waals surface area contributed by atoms with E-state index in [9.17, 15) is 4.79 Å². The molecule has 0 N–H and O–H groups in total. The Bertz CT molecular complexity index is 747. The van der Waals surface area contributed by atoms with E-state index in [-0.39, 0.29) is 17.8 Å². The van der Waals surface area contributed by atoms with Gasteiger partial charge in [-0.2, -0.15) is 5.10 Å². The van der Waals surface area contributed by atoms with Gasteiger partial charge in [-0.15, -0.1) is 0 Å². The number of aromatic nitrogens is 2. The Morgan fingerprint density at radius 3 is 2.50 bits per heavy atom. The smallest absolute Gasteiger partial charge is 0.315 e. The first kappa shape index (κ1) is 20.2. The van der Waals surface area contributed by atoms with E-state index in [1.54, 1.807) is 4.68 Å². The molecule has 4 nitrogen and oxygen atoms in total. The number of rotatable bonds is 8. The minimum absolute atomic E-state index is 0.0556. The standard InChI is InChI=1S/C22H32N2O2/c1-7-9-10-18(8-2)22(25)26-21-14-19(15(3)4)23-24(21)20-12-11-16(5)13-17(20)6/h11-15,18H,7-10H2,1-6H3. The zero-order chi connectivity index (χ0) is 19.3. The molecule has 0 aliphatic rings. The van der Waals surface area contributed by atoms with Crippen molar-refractivity contribution in [1.29, 1.82) is 0 Å². The van der Waals surface area contributed by atoms with Crippen molar-refractivity contribution in [1.82, 2.24) is 9.78 Å². The van der Waals surface area contributed by atoms with Gasteiger partial charge in [0.15, 0.2) is 0 Å². The van der Waals surface area contributed by atoms with Crippen molar-refractivity contribution < 1.29 is 9.53 Å². The van der Waals surface area contributed by atoms with Crippen molar-refractivity contribution in [2.75, 3.05) is 0 Å². The van der Waals surface area contributed by atoms with Crippen molar-refractivity contribution in [3.05, 3.63) is 41.1 Å². The maximum Gasteiger partial charge on any atom is 0.315 e. The van der Waals surface area contributed by atoms with E-state index in [1.807, 2.05) is 19.1 Å². The van der Waals surface area contributed by atoms with Gasteiger partial charge in [0, 0.05) is 6.07 Å².